The molecule has 0 aromatic carbocycles. The molecule has 1 N–H and O–H groups in total. The molecule has 0 amide bonds. The van der Waals surface area contributed by atoms with Gasteiger partial charge in [-0.3, -0.25) is 10.3 Å². The number of hydrazone groups is 1. The zero-order valence-corrected chi connectivity index (χ0v) is 22.1. The Kier molecular flexibility index (Phi) is 10.1. The number of anilines is 1. The van der Waals surface area contributed by atoms with Crippen molar-refractivity contribution >= 4 is 43.9 Å². The van der Waals surface area contributed by atoms with E-state index in [4.69, 9.17) is 9.47 Å². The summed E-state index contributed by atoms with van der Waals surface area (Å²) in [7, 11) is -4.32. The third kappa shape index (κ3) is 7.78. The van der Waals surface area contributed by atoms with Crippen molar-refractivity contribution in [3.63, 3.8) is 0 Å². The zero-order valence-electron chi connectivity index (χ0n) is 20.5. The first-order valence-corrected chi connectivity index (χ1v) is 14.0. The number of aromatic nitrogens is 2. The quantitative estimate of drug-likeness (QED) is 0.243. The lowest BCUT2D eigenvalue weighted by Crippen LogP contribution is -2.46. The smallest absolute Gasteiger partial charge is 0.458 e. The van der Waals surface area contributed by atoms with Crippen molar-refractivity contribution in [3.8, 4) is 0 Å². The van der Waals surface area contributed by atoms with Crippen LogP contribution in [0.15, 0.2) is 21.1 Å². The van der Waals surface area contributed by atoms with Crippen LogP contribution in [0.4, 0.5) is 18.3 Å². The van der Waals surface area contributed by atoms with Gasteiger partial charge < -0.3 is 9.47 Å². The second-order valence-corrected chi connectivity index (χ2v) is 11.0. The van der Waals surface area contributed by atoms with E-state index in [0.717, 1.165) is 55.7 Å². The van der Waals surface area contributed by atoms with E-state index in [9.17, 15) is 26.4 Å². The van der Waals surface area contributed by atoms with Crippen molar-refractivity contribution < 1.29 is 35.9 Å². The van der Waals surface area contributed by atoms with Gasteiger partial charge in [0.1, 0.15) is 12.3 Å². The number of piperidine rings is 1. The largest absolute Gasteiger partial charge is 0.518 e. The second kappa shape index (κ2) is 12.9. The SMILES string of the molecule is CCCCCN1CCCC2=CC(=NNc3nnc(C(=O)OCCOC)s3)C(=NS(=O)(=O)C(F)(F)F)CC21. The summed E-state index contributed by atoms with van der Waals surface area (Å²) in [4.78, 5) is 14.1. The van der Waals surface area contributed by atoms with E-state index < -0.39 is 21.5 Å². The number of carbonyl (C=O) groups is 1. The number of alkyl halides is 3. The minimum atomic E-state index is -5.77. The average molecular weight is 567 g/mol. The Hall–Kier alpha value is -2.43. The lowest BCUT2D eigenvalue weighted by atomic mass is 9.84. The minimum Gasteiger partial charge on any atom is -0.458 e. The van der Waals surface area contributed by atoms with Gasteiger partial charge in [0, 0.05) is 19.6 Å². The molecule has 0 spiro atoms. The maximum atomic E-state index is 13.1. The van der Waals surface area contributed by atoms with Crippen LogP contribution in [-0.4, -0.2) is 85.9 Å². The lowest BCUT2D eigenvalue weighted by molar-refractivity contribution is -0.0435. The number of nitrogens with one attached hydrogen (secondary N) is 1. The molecule has 1 aromatic rings. The number of carbonyl (C=O) groups excluding carboxylic acids is 1. The molecule has 1 aromatic heterocycles. The molecule has 2 aliphatic rings. The van der Waals surface area contributed by atoms with E-state index in [0.29, 0.717) is 6.42 Å². The van der Waals surface area contributed by atoms with Crippen LogP contribution in [0.25, 0.3) is 0 Å². The number of rotatable bonds is 11. The highest BCUT2D eigenvalue weighted by Crippen LogP contribution is 2.32. The van der Waals surface area contributed by atoms with E-state index in [1.54, 1.807) is 6.08 Å². The van der Waals surface area contributed by atoms with E-state index in [2.05, 4.69) is 36.9 Å². The summed E-state index contributed by atoms with van der Waals surface area (Å²) >= 11 is 0.818. The van der Waals surface area contributed by atoms with Gasteiger partial charge in [-0.25, -0.2) is 4.79 Å². The van der Waals surface area contributed by atoms with Gasteiger partial charge in [0.05, 0.1) is 12.3 Å². The van der Waals surface area contributed by atoms with Gasteiger partial charge >= 0.3 is 21.5 Å². The van der Waals surface area contributed by atoms with E-state index in [-0.39, 0.29) is 47.2 Å². The van der Waals surface area contributed by atoms with Crippen molar-refractivity contribution in [1.82, 2.24) is 15.1 Å². The first-order chi connectivity index (χ1) is 17.6. The Balaban J connectivity index is 1.87. The van der Waals surface area contributed by atoms with Gasteiger partial charge in [0.15, 0.2) is 0 Å². The summed E-state index contributed by atoms with van der Waals surface area (Å²) in [5, 5.41) is 11.6. The number of likely N-dealkylation sites (tertiary alicyclic amines) is 1. The molecule has 2 heterocycles. The molecule has 1 aliphatic carbocycles. The second-order valence-electron chi connectivity index (χ2n) is 8.39. The Morgan fingerprint density at radius 1 is 1.30 bits per heavy atom. The molecular formula is C21H29F3N6O5S2. The third-order valence-corrected chi connectivity index (χ3v) is 7.60. The van der Waals surface area contributed by atoms with Crippen molar-refractivity contribution in [2.24, 2.45) is 9.50 Å². The highest BCUT2D eigenvalue weighted by Gasteiger charge is 2.47. The number of sulfonamides is 1. The van der Waals surface area contributed by atoms with Crippen molar-refractivity contribution in [3.05, 3.63) is 16.7 Å². The molecule has 11 nitrogen and oxygen atoms in total. The number of methoxy groups -OCH3 is 1. The normalized spacial score (nSPS) is 21.1. The molecule has 1 aliphatic heterocycles. The van der Waals surface area contributed by atoms with Crippen LogP contribution in [-0.2, 0) is 19.5 Å². The van der Waals surface area contributed by atoms with Gasteiger partial charge in [-0.1, -0.05) is 36.7 Å². The number of hydrogen-bond donors (Lipinski definition) is 1. The van der Waals surface area contributed by atoms with Crippen LogP contribution in [0.5, 0.6) is 0 Å². The molecule has 1 fully saturated rings. The maximum absolute atomic E-state index is 13.1. The molecule has 1 unspecified atom stereocenters. The van der Waals surface area contributed by atoms with Crippen molar-refractivity contribution in [1.29, 1.82) is 0 Å². The first-order valence-electron chi connectivity index (χ1n) is 11.7. The van der Waals surface area contributed by atoms with Gasteiger partial charge in [0.2, 0.25) is 10.1 Å². The Bertz CT molecular complexity index is 1150. The van der Waals surface area contributed by atoms with Gasteiger partial charge in [-0.2, -0.15) is 31.1 Å². The Morgan fingerprint density at radius 2 is 2.08 bits per heavy atom. The van der Waals surface area contributed by atoms with E-state index in [1.165, 1.54) is 7.11 Å². The number of unbranched alkanes of at least 4 members (excludes halogenated alkanes) is 2. The summed E-state index contributed by atoms with van der Waals surface area (Å²) in [6, 6.07) is -0.248. The van der Waals surface area contributed by atoms with Crippen molar-refractivity contribution in [2.45, 2.75) is 57.0 Å². The van der Waals surface area contributed by atoms with E-state index >= 15 is 0 Å². The highest BCUT2D eigenvalue weighted by atomic mass is 32.2. The number of esters is 1. The summed E-state index contributed by atoms with van der Waals surface area (Å²) < 4.78 is 76.0. The molecule has 16 heteroatoms. The molecule has 37 heavy (non-hydrogen) atoms. The van der Waals surface area contributed by atoms with Crippen LogP contribution in [0.3, 0.4) is 0 Å². The lowest BCUT2D eigenvalue weighted by Gasteiger charge is -2.40. The minimum absolute atomic E-state index is 0.0255. The third-order valence-electron chi connectivity index (χ3n) is 5.75. The number of nitrogens with zero attached hydrogens (tertiary/aromatic N) is 5. The Morgan fingerprint density at radius 3 is 2.78 bits per heavy atom. The number of ether oxygens (including phenoxy) is 2. The predicted octanol–water partition coefficient (Wildman–Crippen LogP) is 3.38. The zero-order chi connectivity index (χ0) is 27.1. The molecule has 0 radical (unpaired) electrons. The first kappa shape index (κ1) is 29.1. The molecule has 0 bridgehead atoms. The number of fused-ring (bicyclic) bond motifs is 1. The monoisotopic (exact) mass is 566 g/mol. The predicted molar refractivity (Wildman–Crippen MR) is 132 cm³/mol. The number of halogens is 3. The topological polar surface area (TPSA) is 135 Å². The molecule has 3 rings (SSSR count). The fourth-order valence-corrected chi connectivity index (χ4v) is 5.11. The standard InChI is InChI=1S/C21H29F3N6O5S2/c1-3-4-5-8-30-9-6-7-14-12-15(16(13-17(14)30)29-37(32,33)21(22,23)24)25-27-20-28-26-18(36-20)19(31)35-11-10-34-2/h12,17H,3-11,13H2,1-2H3,(H,27,28). The summed E-state index contributed by atoms with van der Waals surface area (Å²) in [6.07, 6.45) is 6.12. The molecular weight excluding hydrogens is 537 g/mol. The molecule has 1 atom stereocenters. The van der Waals surface area contributed by atoms with Crippen LogP contribution >= 0.6 is 11.3 Å². The van der Waals surface area contributed by atoms with Crippen molar-refractivity contribution in [2.75, 3.05) is 38.8 Å². The number of hydrogen-bond acceptors (Lipinski definition) is 11. The summed E-state index contributed by atoms with van der Waals surface area (Å²) in [6.45, 7) is 3.84. The van der Waals surface area contributed by atoms with Crippen LogP contribution in [0, 0.1) is 0 Å². The summed E-state index contributed by atoms with van der Waals surface area (Å²) in [5.41, 5.74) is -2.39. The van der Waals surface area contributed by atoms with Crippen LogP contribution in [0.2, 0.25) is 0 Å². The maximum Gasteiger partial charge on any atom is 0.518 e. The average Bonchev–Trinajstić information content (AvgIpc) is 3.31. The molecule has 0 saturated carbocycles. The fraction of sp³-hybridized carbons (Fsp3) is 0.667. The van der Waals surface area contributed by atoms with Gasteiger partial charge in [0.25, 0.3) is 0 Å². The molecule has 206 valence electrons. The number of allylic oxidation sites excluding steroid dienone is 1. The Labute approximate surface area is 216 Å². The van der Waals surface area contributed by atoms with Crippen LogP contribution in [0.1, 0.15) is 55.3 Å². The van der Waals surface area contributed by atoms with Crippen LogP contribution < -0.4 is 5.43 Å². The van der Waals surface area contributed by atoms with Gasteiger partial charge in [-0.05, 0) is 38.4 Å². The molecule has 1 saturated heterocycles. The van der Waals surface area contributed by atoms with E-state index in [1.807, 2.05) is 0 Å². The van der Waals surface area contributed by atoms with Gasteiger partial charge in [-0.15, -0.1) is 10.2 Å². The highest BCUT2D eigenvalue weighted by molar-refractivity contribution is 7.91. The summed E-state index contributed by atoms with van der Waals surface area (Å²) in [5.74, 6) is -0.721. The fourth-order valence-electron chi connectivity index (χ4n) is 3.97.